The molecule has 1 aromatic heterocycles. The molecule has 0 saturated carbocycles. The summed E-state index contributed by atoms with van der Waals surface area (Å²) in [5.74, 6) is 0. The summed E-state index contributed by atoms with van der Waals surface area (Å²) in [4.78, 5) is 4.71. The van der Waals surface area contributed by atoms with Crippen molar-refractivity contribution >= 4 is 35.4 Å². The molecule has 0 aliphatic rings. The SMILES string of the molecule is Cc1ccc(S(=O)(=O)Sc2cc(C)c(NS(=O)(=O)c3ccccn3)cc2C(C)(C)C)cc1. The van der Waals surface area contributed by atoms with Crippen molar-refractivity contribution < 1.29 is 16.8 Å². The Kier molecular flexibility index (Phi) is 6.74. The van der Waals surface area contributed by atoms with E-state index in [0.29, 0.717) is 16.1 Å². The molecule has 32 heavy (non-hydrogen) atoms. The predicted octanol–water partition coefficient (Wildman–Crippen LogP) is 5.28. The van der Waals surface area contributed by atoms with Gasteiger partial charge in [0.05, 0.1) is 10.6 Å². The fourth-order valence-corrected chi connectivity index (χ4v) is 7.32. The first-order valence-electron chi connectivity index (χ1n) is 9.90. The number of aromatic nitrogens is 1. The van der Waals surface area contributed by atoms with E-state index in [-0.39, 0.29) is 9.92 Å². The average Bonchev–Trinajstić information content (AvgIpc) is 2.70. The molecule has 0 aliphatic carbocycles. The van der Waals surface area contributed by atoms with Crippen molar-refractivity contribution in [1.82, 2.24) is 4.98 Å². The Balaban J connectivity index is 2.04. The maximum absolute atomic E-state index is 13.0. The average molecular weight is 491 g/mol. The maximum atomic E-state index is 13.0. The Labute approximate surface area is 193 Å². The third kappa shape index (κ3) is 5.51. The highest BCUT2D eigenvalue weighted by atomic mass is 33.1. The quantitative estimate of drug-likeness (QED) is 0.473. The van der Waals surface area contributed by atoms with Crippen LogP contribution in [-0.2, 0) is 24.3 Å². The molecular formula is C23H26N2O4S3. The van der Waals surface area contributed by atoms with Crippen LogP contribution in [0.2, 0.25) is 0 Å². The molecule has 3 aromatic rings. The van der Waals surface area contributed by atoms with Crippen molar-refractivity contribution in [3.63, 3.8) is 0 Å². The second-order valence-corrected chi connectivity index (χ2v) is 14.0. The zero-order valence-electron chi connectivity index (χ0n) is 18.6. The van der Waals surface area contributed by atoms with Crippen molar-refractivity contribution in [2.24, 2.45) is 0 Å². The number of nitrogens with one attached hydrogen (secondary N) is 1. The van der Waals surface area contributed by atoms with Crippen LogP contribution in [0.15, 0.2) is 75.6 Å². The molecule has 0 amide bonds. The monoisotopic (exact) mass is 490 g/mol. The number of pyridine rings is 1. The van der Waals surface area contributed by atoms with Gasteiger partial charge in [-0.3, -0.25) is 4.72 Å². The Morgan fingerprint density at radius 1 is 0.906 bits per heavy atom. The number of anilines is 1. The minimum atomic E-state index is -3.88. The van der Waals surface area contributed by atoms with Crippen LogP contribution >= 0.6 is 10.8 Å². The molecule has 0 spiro atoms. The van der Waals surface area contributed by atoms with Crippen LogP contribution in [0.25, 0.3) is 0 Å². The minimum absolute atomic E-state index is 0.0860. The number of rotatable bonds is 6. The number of aryl methyl sites for hydroxylation is 2. The topological polar surface area (TPSA) is 93.2 Å². The van der Waals surface area contributed by atoms with Gasteiger partial charge in [0.1, 0.15) is 0 Å². The Bertz CT molecular complexity index is 1330. The number of hydrogen-bond donors (Lipinski definition) is 1. The largest absolute Gasteiger partial charge is 0.279 e. The van der Waals surface area contributed by atoms with Crippen LogP contribution in [-0.4, -0.2) is 21.8 Å². The highest BCUT2D eigenvalue weighted by Gasteiger charge is 2.26. The van der Waals surface area contributed by atoms with Crippen molar-refractivity contribution in [2.45, 2.75) is 54.9 Å². The first kappa shape index (κ1) is 24.3. The Morgan fingerprint density at radius 3 is 2.12 bits per heavy atom. The summed E-state index contributed by atoms with van der Waals surface area (Å²) >= 11 is 0. The minimum Gasteiger partial charge on any atom is -0.278 e. The molecule has 9 heteroatoms. The molecular weight excluding hydrogens is 464 g/mol. The molecule has 0 saturated heterocycles. The zero-order chi connectivity index (χ0) is 23.7. The third-order valence-corrected chi connectivity index (χ3v) is 9.44. The molecule has 0 unspecified atom stereocenters. The molecule has 2 aromatic carbocycles. The summed E-state index contributed by atoms with van der Waals surface area (Å²) in [5.41, 5.74) is 2.27. The van der Waals surface area contributed by atoms with E-state index in [1.54, 1.807) is 55.5 Å². The zero-order valence-corrected chi connectivity index (χ0v) is 21.0. The second kappa shape index (κ2) is 8.88. The van der Waals surface area contributed by atoms with E-state index in [0.717, 1.165) is 21.9 Å². The van der Waals surface area contributed by atoms with Gasteiger partial charge in [-0.15, -0.1) is 0 Å². The molecule has 0 fully saturated rings. The molecule has 1 heterocycles. The Hall–Kier alpha value is -2.36. The number of benzene rings is 2. The van der Waals surface area contributed by atoms with Crippen molar-refractivity contribution in [3.05, 3.63) is 77.5 Å². The van der Waals surface area contributed by atoms with E-state index in [4.69, 9.17) is 0 Å². The molecule has 1 N–H and O–H groups in total. The second-order valence-electron chi connectivity index (χ2n) is 8.54. The highest BCUT2D eigenvalue weighted by molar-refractivity contribution is 8.72. The standard InChI is InChI=1S/C23H26N2O4S3/c1-16-9-11-18(12-10-16)32(28,29)30-21-14-17(2)20(15-19(21)23(3,4)5)25-31(26,27)22-8-6-7-13-24-22/h6-15,25H,1-5H3. The first-order chi connectivity index (χ1) is 14.8. The molecule has 0 atom stereocenters. The fourth-order valence-electron chi connectivity index (χ4n) is 3.02. The summed E-state index contributed by atoms with van der Waals surface area (Å²) in [6.45, 7) is 9.51. The van der Waals surface area contributed by atoms with E-state index in [1.807, 2.05) is 27.7 Å². The van der Waals surface area contributed by atoms with Crippen molar-refractivity contribution in [3.8, 4) is 0 Å². The van der Waals surface area contributed by atoms with Crippen LogP contribution in [0.4, 0.5) is 5.69 Å². The number of hydrogen-bond acceptors (Lipinski definition) is 6. The highest BCUT2D eigenvalue weighted by Crippen LogP contribution is 2.41. The number of nitrogens with zero attached hydrogens (tertiary/aromatic N) is 1. The predicted molar refractivity (Wildman–Crippen MR) is 129 cm³/mol. The van der Waals surface area contributed by atoms with E-state index in [2.05, 4.69) is 9.71 Å². The van der Waals surface area contributed by atoms with Crippen LogP contribution < -0.4 is 4.72 Å². The number of sulfonamides is 1. The molecule has 6 nitrogen and oxygen atoms in total. The maximum Gasteiger partial charge on any atom is 0.279 e. The van der Waals surface area contributed by atoms with Gasteiger partial charge in [-0.1, -0.05) is 44.5 Å². The molecule has 3 rings (SSSR count). The van der Waals surface area contributed by atoms with Gasteiger partial charge in [-0.2, -0.15) is 8.42 Å². The summed E-state index contributed by atoms with van der Waals surface area (Å²) in [7, 11) is -6.75. The lowest BCUT2D eigenvalue weighted by Gasteiger charge is -2.25. The molecule has 0 radical (unpaired) electrons. The lowest BCUT2D eigenvalue weighted by Crippen LogP contribution is -2.18. The Morgan fingerprint density at radius 2 is 1.56 bits per heavy atom. The van der Waals surface area contributed by atoms with Gasteiger partial charge in [0.2, 0.25) is 8.87 Å². The summed E-state index contributed by atoms with van der Waals surface area (Å²) < 4.78 is 54.2. The van der Waals surface area contributed by atoms with E-state index in [9.17, 15) is 16.8 Å². The summed E-state index contributed by atoms with van der Waals surface area (Å²) in [6, 6.07) is 14.8. The van der Waals surface area contributed by atoms with Gasteiger partial charge < -0.3 is 0 Å². The van der Waals surface area contributed by atoms with Crippen LogP contribution in [0, 0.1) is 13.8 Å². The van der Waals surface area contributed by atoms with Gasteiger partial charge >= 0.3 is 0 Å². The third-order valence-electron chi connectivity index (χ3n) is 4.80. The van der Waals surface area contributed by atoms with E-state index >= 15 is 0 Å². The van der Waals surface area contributed by atoms with Gasteiger partial charge in [0.25, 0.3) is 10.0 Å². The smallest absolute Gasteiger partial charge is 0.278 e. The van der Waals surface area contributed by atoms with Crippen LogP contribution in [0.3, 0.4) is 0 Å². The first-order valence-corrected chi connectivity index (χ1v) is 14.2. The normalized spacial score (nSPS) is 12.5. The molecule has 0 aliphatic heterocycles. The van der Waals surface area contributed by atoms with Gasteiger partial charge in [-0.05, 0) is 66.8 Å². The lowest BCUT2D eigenvalue weighted by molar-refractivity contribution is 0.577. The van der Waals surface area contributed by atoms with Gasteiger partial charge in [0.15, 0.2) is 5.03 Å². The van der Waals surface area contributed by atoms with Crippen molar-refractivity contribution in [2.75, 3.05) is 4.72 Å². The summed E-state index contributed by atoms with van der Waals surface area (Å²) in [6.07, 6.45) is 1.41. The molecule has 170 valence electrons. The van der Waals surface area contributed by atoms with Crippen molar-refractivity contribution in [1.29, 1.82) is 0 Å². The van der Waals surface area contributed by atoms with Gasteiger partial charge in [-0.25, -0.2) is 13.4 Å². The van der Waals surface area contributed by atoms with E-state index in [1.165, 1.54) is 12.3 Å². The van der Waals surface area contributed by atoms with Gasteiger partial charge in [0, 0.05) is 21.9 Å². The fraction of sp³-hybridized carbons (Fsp3) is 0.261. The van der Waals surface area contributed by atoms with E-state index < -0.39 is 24.3 Å². The van der Waals surface area contributed by atoms with Crippen LogP contribution in [0.5, 0.6) is 0 Å². The summed E-state index contributed by atoms with van der Waals surface area (Å²) in [5, 5.41) is -0.0860. The van der Waals surface area contributed by atoms with Crippen LogP contribution in [0.1, 0.15) is 37.5 Å². The molecule has 0 bridgehead atoms. The lowest BCUT2D eigenvalue weighted by atomic mass is 9.86.